The molecule has 0 bridgehead atoms. The van der Waals surface area contributed by atoms with Gasteiger partial charge in [-0.15, -0.1) is 12.4 Å². The molecule has 1 aromatic carbocycles. The highest BCUT2D eigenvalue weighted by atomic mass is 35.5. The van der Waals surface area contributed by atoms with Gasteiger partial charge in [-0.25, -0.2) is 0 Å². The Hall–Kier alpha value is -1.61. The molecule has 1 N–H and O–H groups in total. The van der Waals surface area contributed by atoms with E-state index in [1.54, 1.807) is 6.92 Å². The first kappa shape index (κ1) is 14.4. The number of halogens is 1. The molecule has 0 saturated carbocycles. The first-order valence-electron chi connectivity index (χ1n) is 4.75. The average Bonchev–Trinajstić information content (AvgIpc) is 2.30. The molecule has 1 heterocycles. The molecular formula is C12H14ClNO2. The number of aliphatic carboxylic acids is 1. The third kappa shape index (κ3) is 4.75. The fourth-order valence-electron chi connectivity index (χ4n) is 1.02. The second-order valence-electron chi connectivity index (χ2n) is 2.94. The van der Waals surface area contributed by atoms with Crippen LogP contribution in [0, 0.1) is 0 Å². The number of pyridine rings is 1. The standard InChI is InChI=1S/C9H7N.C3H6O2.ClH/c1-2-6-9-8(4-1)5-3-7-10-9;1-2-3(4)5;/h1-7H;2H2,1H3,(H,4,5);1H. The lowest BCUT2D eigenvalue weighted by atomic mass is 10.2. The van der Waals surface area contributed by atoms with Crippen molar-refractivity contribution in [3.05, 3.63) is 42.6 Å². The van der Waals surface area contributed by atoms with E-state index in [-0.39, 0.29) is 18.8 Å². The molecule has 2 rings (SSSR count). The molecule has 3 nitrogen and oxygen atoms in total. The monoisotopic (exact) mass is 239 g/mol. The largest absolute Gasteiger partial charge is 0.481 e. The number of rotatable bonds is 1. The van der Waals surface area contributed by atoms with Crippen LogP contribution in [0.3, 0.4) is 0 Å². The summed E-state index contributed by atoms with van der Waals surface area (Å²) >= 11 is 0. The van der Waals surface area contributed by atoms with E-state index in [0.29, 0.717) is 0 Å². The predicted molar refractivity (Wildman–Crippen MR) is 66.9 cm³/mol. The van der Waals surface area contributed by atoms with Crippen molar-refractivity contribution in [2.75, 3.05) is 0 Å². The highest BCUT2D eigenvalue weighted by Crippen LogP contribution is 2.07. The van der Waals surface area contributed by atoms with Crippen molar-refractivity contribution in [1.29, 1.82) is 0 Å². The second kappa shape index (κ2) is 7.65. The van der Waals surface area contributed by atoms with Crippen LogP contribution in [0.5, 0.6) is 0 Å². The Balaban J connectivity index is 0.000000330. The van der Waals surface area contributed by atoms with E-state index in [9.17, 15) is 4.79 Å². The zero-order chi connectivity index (χ0) is 11.1. The summed E-state index contributed by atoms with van der Waals surface area (Å²) in [6.07, 6.45) is 2.03. The van der Waals surface area contributed by atoms with E-state index in [4.69, 9.17) is 5.11 Å². The van der Waals surface area contributed by atoms with Crippen molar-refractivity contribution in [2.24, 2.45) is 0 Å². The van der Waals surface area contributed by atoms with Gasteiger partial charge in [0.2, 0.25) is 0 Å². The van der Waals surface area contributed by atoms with Gasteiger partial charge in [-0.1, -0.05) is 31.2 Å². The molecule has 0 unspecified atom stereocenters. The Morgan fingerprint density at radius 1 is 1.25 bits per heavy atom. The molecule has 0 atom stereocenters. The highest BCUT2D eigenvalue weighted by molar-refractivity contribution is 5.85. The van der Waals surface area contributed by atoms with Gasteiger partial charge in [0.1, 0.15) is 0 Å². The summed E-state index contributed by atoms with van der Waals surface area (Å²) < 4.78 is 0. The summed E-state index contributed by atoms with van der Waals surface area (Å²) in [5.41, 5.74) is 1.06. The Morgan fingerprint density at radius 2 is 1.81 bits per heavy atom. The van der Waals surface area contributed by atoms with Crippen molar-refractivity contribution < 1.29 is 9.90 Å². The van der Waals surface area contributed by atoms with Gasteiger partial charge >= 0.3 is 5.97 Å². The van der Waals surface area contributed by atoms with E-state index in [1.807, 2.05) is 30.5 Å². The summed E-state index contributed by atoms with van der Waals surface area (Å²) in [5, 5.41) is 8.92. The molecule has 1 aromatic heterocycles. The van der Waals surface area contributed by atoms with Gasteiger partial charge in [-0.05, 0) is 12.1 Å². The molecule has 0 aliphatic carbocycles. The van der Waals surface area contributed by atoms with Crippen molar-refractivity contribution >= 4 is 29.3 Å². The maximum absolute atomic E-state index is 9.37. The van der Waals surface area contributed by atoms with Crippen LogP contribution in [0.15, 0.2) is 42.6 Å². The molecule has 16 heavy (non-hydrogen) atoms. The number of hydrogen-bond donors (Lipinski definition) is 1. The number of carboxylic acids is 1. The van der Waals surface area contributed by atoms with E-state index in [1.165, 1.54) is 5.39 Å². The maximum atomic E-state index is 9.37. The van der Waals surface area contributed by atoms with Gasteiger partial charge in [0.25, 0.3) is 0 Å². The molecule has 86 valence electrons. The van der Waals surface area contributed by atoms with Crippen LogP contribution in [-0.2, 0) is 4.79 Å². The van der Waals surface area contributed by atoms with Crippen LogP contribution in [0.1, 0.15) is 13.3 Å². The Labute approximate surface area is 101 Å². The molecule has 0 fully saturated rings. The number of carboxylic acid groups (broad SMARTS) is 1. The first-order valence-corrected chi connectivity index (χ1v) is 4.75. The normalized spacial score (nSPS) is 8.56. The van der Waals surface area contributed by atoms with Crippen LogP contribution < -0.4 is 0 Å². The summed E-state index contributed by atoms with van der Waals surface area (Å²) in [7, 11) is 0. The van der Waals surface area contributed by atoms with E-state index >= 15 is 0 Å². The minimum Gasteiger partial charge on any atom is -0.481 e. The number of fused-ring (bicyclic) bond motifs is 1. The zero-order valence-electron chi connectivity index (χ0n) is 8.96. The topological polar surface area (TPSA) is 50.2 Å². The van der Waals surface area contributed by atoms with Gasteiger partial charge in [0.15, 0.2) is 0 Å². The van der Waals surface area contributed by atoms with Crippen LogP contribution in [-0.4, -0.2) is 16.1 Å². The van der Waals surface area contributed by atoms with Gasteiger partial charge in [0.05, 0.1) is 5.52 Å². The number of aromatic nitrogens is 1. The van der Waals surface area contributed by atoms with Crippen LogP contribution in [0.4, 0.5) is 0 Å². The molecule has 0 radical (unpaired) electrons. The number of hydrogen-bond acceptors (Lipinski definition) is 2. The smallest absolute Gasteiger partial charge is 0.303 e. The highest BCUT2D eigenvalue weighted by Gasteiger charge is 1.86. The first-order chi connectivity index (χ1) is 7.24. The van der Waals surface area contributed by atoms with Gasteiger partial charge in [0, 0.05) is 18.0 Å². The maximum Gasteiger partial charge on any atom is 0.303 e. The summed E-state index contributed by atoms with van der Waals surface area (Å²) in [4.78, 5) is 13.5. The van der Waals surface area contributed by atoms with E-state index in [0.717, 1.165) is 5.52 Å². The van der Waals surface area contributed by atoms with Crippen LogP contribution >= 0.6 is 12.4 Å². The van der Waals surface area contributed by atoms with Gasteiger partial charge in [-0.2, -0.15) is 0 Å². The Morgan fingerprint density at radius 3 is 2.38 bits per heavy atom. The summed E-state index contributed by atoms with van der Waals surface area (Å²) in [5.74, 6) is -0.745. The third-order valence-electron chi connectivity index (χ3n) is 1.81. The lowest BCUT2D eigenvalue weighted by Crippen LogP contribution is -1.86. The fraction of sp³-hybridized carbons (Fsp3) is 0.167. The number of benzene rings is 1. The van der Waals surface area contributed by atoms with Crippen LogP contribution in [0.2, 0.25) is 0 Å². The Kier molecular flexibility index (Phi) is 6.88. The number of para-hydroxylation sites is 1. The van der Waals surface area contributed by atoms with Gasteiger partial charge in [-0.3, -0.25) is 9.78 Å². The van der Waals surface area contributed by atoms with Crippen molar-refractivity contribution in [1.82, 2.24) is 4.98 Å². The van der Waals surface area contributed by atoms with E-state index in [2.05, 4.69) is 17.1 Å². The van der Waals surface area contributed by atoms with Crippen LogP contribution in [0.25, 0.3) is 10.9 Å². The quantitative estimate of drug-likeness (QED) is 0.832. The Bertz CT molecular complexity index is 380. The molecule has 0 saturated heterocycles. The number of carbonyl (C=O) groups is 1. The second-order valence-corrected chi connectivity index (χ2v) is 2.94. The average molecular weight is 240 g/mol. The fourth-order valence-corrected chi connectivity index (χ4v) is 1.02. The minimum atomic E-state index is -0.745. The number of nitrogens with zero attached hydrogens (tertiary/aromatic N) is 1. The SMILES string of the molecule is CCC(=O)O.Cl.c1ccc2ncccc2c1. The predicted octanol–water partition coefficient (Wildman–Crippen LogP) is 3.14. The molecule has 0 aliphatic heterocycles. The summed E-state index contributed by atoms with van der Waals surface area (Å²) in [6, 6.07) is 12.1. The lowest BCUT2D eigenvalue weighted by Gasteiger charge is -1.91. The van der Waals surface area contributed by atoms with Crippen molar-refractivity contribution in [2.45, 2.75) is 13.3 Å². The third-order valence-corrected chi connectivity index (χ3v) is 1.81. The van der Waals surface area contributed by atoms with Crippen molar-refractivity contribution in [3.8, 4) is 0 Å². The lowest BCUT2D eigenvalue weighted by molar-refractivity contribution is -0.136. The molecule has 0 aliphatic rings. The molecule has 0 amide bonds. The summed E-state index contributed by atoms with van der Waals surface area (Å²) in [6.45, 7) is 1.60. The zero-order valence-corrected chi connectivity index (χ0v) is 9.78. The minimum absolute atomic E-state index is 0. The molecular weight excluding hydrogens is 226 g/mol. The molecule has 0 spiro atoms. The molecule has 2 aromatic rings. The van der Waals surface area contributed by atoms with Gasteiger partial charge < -0.3 is 5.11 Å². The molecule has 4 heteroatoms. The van der Waals surface area contributed by atoms with E-state index < -0.39 is 5.97 Å². The van der Waals surface area contributed by atoms with Crippen molar-refractivity contribution in [3.63, 3.8) is 0 Å².